The summed E-state index contributed by atoms with van der Waals surface area (Å²) in [5, 5.41) is 7.27. The first-order valence-corrected chi connectivity index (χ1v) is 11.1. The molecule has 3 aromatic carbocycles. The van der Waals surface area contributed by atoms with Crippen molar-refractivity contribution in [2.75, 3.05) is 10.0 Å². The van der Waals surface area contributed by atoms with Gasteiger partial charge in [0.1, 0.15) is 0 Å². The van der Waals surface area contributed by atoms with Crippen LogP contribution in [0.1, 0.15) is 10.4 Å². The van der Waals surface area contributed by atoms with Crippen LogP contribution in [-0.4, -0.2) is 24.1 Å². The van der Waals surface area contributed by atoms with Crippen LogP contribution in [0, 0.1) is 0 Å². The highest BCUT2D eigenvalue weighted by Gasteiger charge is 2.18. The van der Waals surface area contributed by atoms with Crippen LogP contribution >= 0.6 is 11.6 Å². The summed E-state index contributed by atoms with van der Waals surface area (Å²) >= 11 is 6.04. The van der Waals surface area contributed by atoms with E-state index in [9.17, 15) is 13.2 Å². The molecule has 4 rings (SSSR count). The molecule has 1 heterocycles. The Kier molecular flexibility index (Phi) is 5.75. The fourth-order valence-electron chi connectivity index (χ4n) is 2.86. The Morgan fingerprint density at radius 2 is 1.65 bits per heavy atom. The first kappa shape index (κ1) is 20.6. The smallest absolute Gasteiger partial charge is 0.261 e. The zero-order valence-corrected chi connectivity index (χ0v) is 17.6. The number of anilines is 2. The second-order valence-corrected chi connectivity index (χ2v) is 8.64. The molecule has 2 N–H and O–H groups in total. The van der Waals surface area contributed by atoms with Crippen molar-refractivity contribution in [1.82, 2.24) is 9.78 Å². The van der Waals surface area contributed by atoms with E-state index in [0.29, 0.717) is 5.82 Å². The predicted octanol–water partition coefficient (Wildman–Crippen LogP) is 4.58. The second-order valence-electron chi connectivity index (χ2n) is 6.55. The van der Waals surface area contributed by atoms with E-state index in [4.69, 9.17) is 11.6 Å². The standard InChI is InChI=1S/C22H17ClN4O3S/c23-19-11-4-5-12-20(19)26-31(29,30)18-10-6-7-16(15-18)22(28)24-21-13-14-27(25-21)17-8-2-1-3-9-17/h1-15,26H,(H,24,25,28). The summed E-state index contributed by atoms with van der Waals surface area (Å²) in [4.78, 5) is 12.6. The number of amides is 1. The summed E-state index contributed by atoms with van der Waals surface area (Å²) < 4.78 is 29.5. The number of hydrogen-bond acceptors (Lipinski definition) is 4. The first-order valence-electron chi connectivity index (χ1n) is 9.22. The van der Waals surface area contributed by atoms with Gasteiger partial charge in [-0.3, -0.25) is 9.52 Å². The number of hydrogen-bond donors (Lipinski definition) is 2. The van der Waals surface area contributed by atoms with Gasteiger partial charge in [0, 0.05) is 17.8 Å². The molecule has 31 heavy (non-hydrogen) atoms. The number of rotatable bonds is 6. The highest BCUT2D eigenvalue weighted by Crippen LogP contribution is 2.24. The van der Waals surface area contributed by atoms with Crippen molar-refractivity contribution in [1.29, 1.82) is 0 Å². The number of para-hydroxylation sites is 2. The number of carbonyl (C=O) groups is 1. The average Bonchev–Trinajstić information content (AvgIpc) is 3.24. The molecule has 156 valence electrons. The molecule has 9 heteroatoms. The quantitative estimate of drug-likeness (QED) is 0.448. The van der Waals surface area contributed by atoms with E-state index >= 15 is 0 Å². The monoisotopic (exact) mass is 452 g/mol. The average molecular weight is 453 g/mol. The minimum absolute atomic E-state index is 0.0603. The fourth-order valence-corrected chi connectivity index (χ4v) is 4.22. The van der Waals surface area contributed by atoms with Gasteiger partial charge in [-0.05, 0) is 42.5 Å². The van der Waals surface area contributed by atoms with Crippen LogP contribution in [0.2, 0.25) is 5.02 Å². The molecular formula is C22H17ClN4O3S. The topological polar surface area (TPSA) is 93.1 Å². The maximum absolute atomic E-state index is 12.7. The van der Waals surface area contributed by atoms with Gasteiger partial charge < -0.3 is 5.32 Å². The number of halogens is 1. The molecule has 0 aliphatic rings. The molecule has 0 bridgehead atoms. The number of benzene rings is 3. The normalized spacial score (nSPS) is 11.1. The Bertz CT molecular complexity index is 1340. The number of nitrogens with zero attached hydrogens (tertiary/aromatic N) is 2. The van der Waals surface area contributed by atoms with Crippen LogP contribution in [0.3, 0.4) is 0 Å². The lowest BCUT2D eigenvalue weighted by atomic mass is 10.2. The van der Waals surface area contributed by atoms with Crippen LogP contribution in [-0.2, 0) is 10.0 Å². The van der Waals surface area contributed by atoms with Crippen LogP contribution in [0.5, 0.6) is 0 Å². The van der Waals surface area contributed by atoms with E-state index in [1.807, 2.05) is 30.3 Å². The molecule has 0 atom stereocenters. The van der Waals surface area contributed by atoms with Crippen molar-refractivity contribution >= 4 is 39.0 Å². The van der Waals surface area contributed by atoms with Crippen molar-refractivity contribution < 1.29 is 13.2 Å². The maximum atomic E-state index is 12.7. The Labute approximate surface area is 184 Å². The minimum Gasteiger partial charge on any atom is -0.305 e. The van der Waals surface area contributed by atoms with E-state index in [2.05, 4.69) is 15.1 Å². The first-order chi connectivity index (χ1) is 14.9. The minimum atomic E-state index is -3.93. The summed E-state index contributed by atoms with van der Waals surface area (Å²) in [5.74, 6) is -0.135. The van der Waals surface area contributed by atoms with E-state index < -0.39 is 15.9 Å². The Balaban J connectivity index is 1.52. The van der Waals surface area contributed by atoms with Crippen molar-refractivity contribution in [2.45, 2.75) is 4.90 Å². The Morgan fingerprint density at radius 3 is 2.42 bits per heavy atom. The third-order valence-corrected chi connectivity index (χ3v) is 6.07. The number of aromatic nitrogens is 2. The second kappa shape index (κ2) is 8.63. The number of carbonyl (C=O) groups excluding carboxylic acids is 1. The van der Waals surface area contributed by atoms with Gasteiger partial charge in [-0.15, -0.1) is 0 Å². The molecule has 0 fully saturated rings. The van der Waals surface area contributed by atoms with Crippen molar-refractivity contribution in [3.05, 3.63) is 102 Å². The van der Waals surface area contributed by atoms with Gasteiger partial charge >= 0.3 is 0 Å². The molecule has 0 unspecified atom stereocenters. The molecule has 0 saturated carbocycles. The van der Waals surface area contributed by atoms with Gasteiger partial charge in [-0.2, -0.15) is 5.10 Å². The van der Waals surface area contributed by atoms with E-state index in [1.165, 1.54) is 24.3 Å². The van der Waals surface area contributed by atoms with Crippen molar-refractivity contribution in [3.8, 4) is 5.69 Å². The van der Waals surface area contributed by atoms with Gasteiger partial charge in [-0.25, -0.2) is 13.1 Å². The van der Waals surface area contributed by atoms with E-state index in [1.54, 1.807) is 41.2 Å². The van der Waals surface area contributed by atoms with Crippen molar-refractivity contribution in [3.63, 3.8) is 0 Å². The molecular weight excluding hydrogens is 436 g/mol. The van der Waals surface area contributed by atoms with Gasteiger partial charge in [0.15, 0.2) is 5.82 Å². The zero-order valence-electron chi connectivity index (χ0n) is 16.1. The van der Waals surface area contributed by atoms with Crippen LogP contribution < -0.4 is 10.0 Å². The molecule has 4 aromatic rings. The third kappa shape index (κ3) is 4.76. The lowest BCUT2D eigenvalue weighted by Gasteiger charge is -2.10. The van der Waals surface area contributed by atoms with Gasteiger partial charge in [0.25, 0.3) is 15.9 Å². The summed E-state index contributed by atoms with van der Waals surface area (Å²) in [6, 6.07) is 23.3. The Morgan fingerprint density at radius 1 is 0.903 bits per heavy atom. The Hall–Kier alpha value is -3.62. The number of sulfonamides is 1. The molecule has 0 aliphatic heterocycles. The molecule has 1 amide bonds. The lowest BCUT2D eigenvalue weighted by Crippen LogP contribution is -2.16. The van der Waals surface area contributed by atoms with Crippen LogP contribution in [0.15, 0.2) is 96.0 Å². The fraction of sp³-hybridized carbons (Fsp3) is 0. The molecule has 0 aliphatic carbocycles. The van der Waals surface area contributed by atoms with E-state index in [0.717, 1.165) is 5.69 Å². The highest BCUT2D eigenvalue weighted by atomic mass is 35.5. The third-order valence-electron chi connectivity index (χ3n) is 4.38. The largest absolute Gasteiger partial charge is 0.305 e. The van der Waals surface area contributed by atoms with E-state index in [-0.39, 0.29) is 21.2 Å². The van der Waals surface area contributed by atoms with Gasteiger partial charge in [0.2, 0.25) is 0 Å². The summed E-state index contributed by atoms with van der Waals surface area (Å²) in [6.07, 6.45) is 1.72. The summed E-state index contributed by atoms with van der Waals surface area (Å²) in [7, 11) is -3.93. The van der Waals surface area contributed by atoms with Crippen LogP contribution in [0.25, 0.3) is 5.69 Å². The summed E-state index contributed by atoms with van der Waals surface area (Å²) in [6.45, 7) is 0. The van der Waals surface area contributed by atoms with Gasteiger partial charge in [-0.1, -0.05) is 48.0 Å². The predicted molar refractivity (Wildman–Crippen MR) is 120 cm³/mol. The number of nitrogens with one attached hydrogen (secondary N) is 2. The zero-order chi connectivity index (χ0) is 21.8. The van der Waals surface area contributed by atoms with Gasteiger partial charge in [0.05, 0.1) is 21.3 Å². The molecule has 0 radical (unpaired) electrons. The molecule has 0 saturated heterocycles. The summed E-state index contributed by atoms with van der Waals surface area (Å²) in [5.41, 5.74) is 1.28. The molecule has 1 aromatic heterocycles. The maximum Gasteiger partial charge on any atom is 0.261 e. The highest BCUT2D eigenvalue weighted by molar-refractivity contribution is 7.92. The molecule has 7 nitrogen and oxygen atoms in total. The SMILES string of the molecule is O=C(Nc1ccn(-c2ccccc2)n1)c1cccc(S(=O)(=O)Nc2ccccc2Cl)c1. The van der Waals surface area contributed by atoms with Crippen LogP contribution in [0.4, 0.5) is 11.5 Å². The molecule has 0 spiro atoms. The van der Waals surface area contributed by atoms with Crippen molar-refractivity contribution in [2.24, 2.45) is 0 Å². The lowest BCUT2D eigenvalue weighted by molar-refractivity contribution is 0.102.